The van der Waals surface area contributed by atoms with Crippen molar-refractivity contribution >= 4 is 21.8 Å². The van der Waals surface area contributed by atoms with Crippen LogP contribution in [0, 0.1) is 13.8 Å². The van der Waals surface area contributed by atoms with Crippen LogP contribution >= 0.6 is 15.9 Å². The van der Waals surface area contributed by atoms with Crippen LogP contribution in [0.25, 0.3) is 0 Å². The molecule has 1 aromatic carbocycles. The standard InChI is InChI=1S/C15H22BrNO/c1-11-7-8-14(12(2)10-11)13(3)17-15(18)6-4-5-9-16/h7-8,10,13H,4-6,9H2,1-3H3,(H,17,18). The number of unbranched alkanes of at least 4 members (excludes halogenated alkanes) is 1. The Bertz CT molecular complexity index is 403. The average Bonchev–Trinajstić information content (AvgIpc) is 2.28. The van der Waals surface area contributed by atoms with Crippen molar-refractivity contribution in [3.8, 4) is 0 Å². The summed E-state index contributed by atoms with van der Waals surface area (Å²) in [6.07, 6.45) is 2.60. The number of carbonyl (C=O) groups is 1. The van der Waals surface area contributed by atoms with E-state index in [0.29, 0.717) is 6.42 Å². The molecule has 0 fully saturated rings. The fourth-order valence-electron chi connectivity index (χ4n) is 2.08. The van der Waals surface area contributed by atoms with Crippen molar-refractivity contribution in [3.05, 3.63) is 34.9 Å². The summed E-state index contributed by atoms with van der Waals surface area (Å²) in [4.78, 5) is 11.8. The highest BCUT2D eigenvalue weighted by Gasteiger charge is 2.11. The maximum Gasteiger partial charge on any atom is 0.220 e. The van der Waals surface area contributed by atoms with Gasteiger partial charge in [0, 0.05) is 11.8 Å². The fraction of sp³-hybridized carbons (Fsp3) is 0.533. The molecule has 0 radical (unpaired) electrons. The van der Waals surface area contributed by atoms with Gasteiger partial charge in [0.15, 0.2) is 0 Å². The second-order valence-electron chi connectivity index (χ2n) is 4.80. The molecule has 0 aliphatic rings. The largest absolute Gasteiger partial charge is 0.350 e. The van der Waals surface area contributed by atoms with Crippen LogP contribution in [0.4, 0.5) is 0 Å². The van der Waals surface area contributed by atoms with E-state index in [2.05, 4.69) is 53.3 Å². The first-order chi connectivity index (χ1) is 8.54. The van der Waals surface area contributed by atoms with Crippen LogP contribution in [0.2, 0.25) is 0 Å². The maximum absolute atomic E-state index is 11.8. The molecule has 3 heteroatoms. The van der Waals surface area contributed by atoms with Gasteiger partial charge in [-0.15, -0.1) is 0 Å². The van der Waals surface area contributed by atoms with Crippen LogP contribution in [-0.2, 0) is 4.79 Å². The number of rotatable bonds is 6. The van der Waals surface area contributed by atoms with Gasteiger partial charge in [0.05, 0.1) is 6.04 Å². The molecule has 0 aromatic heterocycles. The SMILES string of the molecule is Cc1ccc(C(C)NC(=O)CCCCBr)c(C)c1. The maximum atomic E-state index is 11.8. The minimum absolute atomic E-state index is 0.0853. The van der Waals surface area contributed by atoms with E-state index in [4.69, 9.17) is 0 Å². The number of hydrogen-bond acceptors (Lipinski definition) is 1. The lowest BCUT2D eigenvalue weighted by molar-refractivity contribution is -0.121. The minimum Gasteiger partial charge on any atom is -0.350 e. The van der Waals surface area contributed by atoms with Crippen LogP contribution in [-0.4, -0.2) is 11.2 Å². The summed E-state index contributed by atoms with van der Waals surface area (Å²) < 4.78 is 0. The minimum atomic E-state index is 0.0853. The smallest absolute Gasteiger partial charge is 0.220 e. The zero-order valence-corrected chi connectivity index (χ0v) is 13.0. The van der Waals surface area contributed by atoms with Crippen LogP contribution in [0.5, 0.6) is 0 Å². The number of amides is 1. The van der Waals surface area contributed by atoms with Crippen molar-refractivity contribution in [2.75, 3.05) is 5.33 Å². The molecule has 0 aliphatic carbocycles. The molecular formula is C15H22BrNO. The van der Waals surface area contributed by atoms with Crippen molar-refractivity contribution < 1.29 is 4.79 Å². The number of halogens is 1. The van der Waals surface area contributed by atoms with Crippen molar-refractivity contribution in [2.24, 2.45) is 0 Å². The summed E-state index contributed by atoms with van der Waals surface area (Å²) in [5.41, 5.74) is 3.70. The molecule has 0 saturated carbocycles. The van der Waals surface area contributed by atoms with E-state index in [1.165, 1.54) is 16.7 Å². The Kier molecular flexibility index (Phi) is 6.41. The highest BCUT2D eigenvalue weighted by Crippen LogP contribution is 2.18. The molecular weight excluding hydrogens is 290 g/mol. The summed E-state index contributed by atoms with van der Waals surface area (Å²) >= 11 is 3.37. The zero-order chi connectivity index (χ0) is 13.5. The summed E-state index contributed by atoms with van der Waals surface area (Å²) in [7, 11) is 0. The van der Waals surface area contributed by atoms with Gasteiger partial charge in [-0.3, -0.25) is 4.79 Å². The van der Waals surface area contributed by atoms with Crippen LogP contribution in [0.3, 0.4) is 0 Å². The molecule has 1 rings (SSSR count). The van der Waals surface area contributed by atoms with Crippen LogP contribution in [0.15, 0.2) is 18.2 Å². The van der Waals surface area contributed by atoms with Crippen molar-refractivity contribution in [1.29, 1.82) is 0 Å². The van der Waals surface area contributed by atoms with Crippen molar-refractivity contribution in [2.45, 2.75) is 46.1 Å². The van der Waals surface area contributed by atoms with Gasteiger partial charge < -0.3 is 5.32 Å². The Balaban J connectivity index is 2.54. The molecule has 18 heavy (non-hydrogen) atoms. The molecule has 1 unspecified atom stereocenters. The highest BCUT2D eigenvalue weighted by molar-refractivity contribution is 9.09. The molecule has 0 saturated heterocycles. The normalized spacial score (nSPS) is 12.2. The van der Waals surface area contributed by atoms with Gasteiger partial charge in [0.25, 0.3) is 0 Å². The quantitative estimate of drug-likeness (QED) is 0.623. The second kappa shape index (κ2) is 7.57. The third kappa shape index (κ3) is 4.81. The lowest BCUT2D eigenvalue weighted by Crippen LogP contribution is -2.26. The molecule has 2 nitrogen and oxygen atoms in total. The molecule has 1 N–H and O–H groups in total. The predicted molar refractivity (Wildman–Crippen MR) is 80.1 cm³/mol. The molecule has 0 spiro atoms. The van der Waals surface area contributed by atoms with Gasteiger partial charge in [-0.25, -0.2) is 0 Å². The molecule has 100 valence electrons. The number of nitrogens with one attached hydrogen (secondary N) is 1. The van der Waals surface area contributed by atoms with E-state index < -0.39 is 0 Å². The predicted octanol–water partition coefficient (Wildman–Crippen LogP) is 4.05. The lowest BCUT2D eigenvalue weighted by atomic mass is 10.00. The van der Waals surface area contributed by atoms with Gasteiger partial charge in [0.2, 0.25) is 5.91 Å². The lowest BCUT2D eigenvalue weighted by Gasteiger charge is -2.17. The Hall–Kier alpha value is -0.830. The summed E-state index contributed by atoms with van der Waals surface area (Å²) in [5, 5.41) is 4.03. The van der Waals surface area contributed by atoms with Crippen molar-refractivity contribution in [1.82, 2.24) is 5.32 Å². The first-order valence-electron chi connectivity index (χ1n) is 6.47. The first-order valence-corrected chi connectivity index (χ1v) is 7.59. The van der Waals surface area contributed by atoms with Crippen molar-refractivity contribution in [3.63, 3.8) is 0 Å². The van der Waals surface area contributed by atoms with Gasteiger partial charge in [-0.2, -0.15) is 0 Å². The van der Waals surface area contributed by atoms with E-state index in [-0.39, 0.29) is 11.9 Å². The van der Waals surface area contributed by atoms with Gasteiger partial charge in [0.1, 0.15) is 0 Å². The Morgan fingerprint density at radius 1 is 1.33 bits per heavy atom. The second-order valence-corrected chi connectivity index (χ2v) is 5.59. The Labute approximate surface area is 118 Å². The molecule has 0 aliphatic heterocycles. The highest BCUT2D eigenvalue weighted by atomic mass is 79.9. The Morgan fingerprint density at radius 2 is 2.06 bits per heavy atom. The summed E-state index contributed by atoms with van der Waals surface area (Å²) in [6, 6.07) is 6.44. The van der Waals surface area contributed by atoms with E-state index in [9.17, 15) is 4.79 Å². The molecule has 1 aromatic rings. The number of alkyl halides is 1. The van der Waals surface area contributed by atoms with Gasteiger partial charge in [-0.05, 0) is 44.7 Å². The Morgan fingerprint density at radius 3 is 2.67 bits per heavy atom. The van der Waals surface area contributed by atoms with E-state index in [1.807, 2.05) is 6.92 Å². The van der Waals surface area contributed by atoms with E-state index in [1.54, 1.807) is 0 Å². The van der Waals surface area contributed by atoms with E-state index in [0.717, 1.165) is 18.2 Å². The molecule has 0 heterocycles. The molecule has 1 atom stereocenters. The molecule has 1 amide bonds. The molecule has 0 bridgehead atoms. The topological polar surface area (TPSA) is 29.1 Å². The third-order valence-electron chi connectivity index (χ3n) is 3.06. The zero-order valence-electron chi connectivity index (χ0n) is 11.4. The van der Waals surface area contributed by atoms with Crippen LogP contribution in [0.1, 0.15) is 48.9 Å². The first kappa shape index (κ1) is 15.2. The van der Waals surface area contributed by atoms with Crippen LogP contribution < -0.4 is 5.32 Å². The van der Waals surface area contributed by atoms with E-state index >= 15 is 0 Å². The average molecular weight is 312 g/mol. The fourth-order valence-corrected chi connectivity index (χ4v) is 2.48. The number of benzene rings is 1. The third-order valence-corrected chi connectivity index (χ3v) is 3.62. The number of hydrogen-bond donors (Lipinski definition) is 1. The number of aryl methyl sites for hydroxylation is 2. The summed E-state index contributed by atoms with van der Waals surface area (Å²) in [6.45, 7) is 6.22. The van der Waals surface area contributed by atoms with Gasteiger partial charge >= 0.3 is 0 Å². The monoisotopic (exact) mass is 311 g/mol. The summed E-state index contributed by atoms with van der Waals surface area (Å²) in [5.74, 6) is 0.142. The van der Waals surface area contributed by atoms with Gasteiger partial charge in [-0.1, -0.05) is 39.7 Å². The number of carbonyl (C=O) groups excluding carboxylic acids is 1.